The Balaban J connectivity index is 3.01. The van der Waals surface area contributed by atoms with Gasteiger partial charge in [-0.1, -0.05) is 6.07 Å². The first kappa shape index (κ1) is 12.5. The molecule has 0 heterocycles. The van der Waals surface area contributed by atoms with Gasteiger partial charge >= 0.3 is 0 Å². The summed E-state index contributed by atoms with van der Waals surface area (Å²) >= 11 is 0. The van der Waals surface area contributed by atoms with Crippen molar-refractivity contribution in [2.45, 2.75) is 0 Å². The highest BCUT2D eigenvalue weighted by Crippen LogP contribution is 2.30. The summed E-state index contributed by atoms with van der Waals surface area (Å²) in [5.74, 6) is -1.57. The number of carbonyl (C=O) groups is 2. The van der Waals surface area contributed by atoms with Crippen LogP contribution in [0.15, 0.2) is 30.3 Å². The quantitative estimate of drug-likeness (QED) is 0.627. The Morgan fingerprint density at radius 2 is 1.58 bits per heavy atom. The summed E-state index contributed by atoms with van der Waals surface area (Å²) in [5, 5.41) is 11.2. The molecule has 0 bridgehead atoms. The molecule has 0 unspecified atom stereocenters. The summed E-state index contributed by atoms with van der Waals surface area (Å²) in [6.45, 7) is 0. The van der Waals surface area contributed by atoms with Crippen molar-refractivity contribution in [3.63, 3.8) is 0 Å². The van der Waals surface area contributed by atoms with Gasteiger partial charge in [0, 0.05) is 22.6 Å². The number of nitrogens with two attached hydrogens (primary N) is 2. The summed E-state index contributed by atoms with van der Waals surface area (Å²) in [6.07, 6.45) is 0. The van der Waals surface area contributed by atoms with Crippen LogP contribution in [0.5, 0.6) is 0 Å². The third-order valence-electron chi connectivity index (χ3n) is 2.75. The lowest BCUT2D eigenvalue weighted by atomic mass is 9.97. The van der Waals surface area contributed by atoms with E-state index in [-0.39, 0.29) is 27.6 Å². The Kier molecular flexibility index (Phi) is 2.88. The topological polar surface area (TPSA) is 129 Å². The maximum absolute atomic E-state index is 11.4. The van der Waals surface area contributed by atoms with Gasteiger partial charge in [-0.15, -0.1) is 0 Å². The molecule has 96 valence electrons. The molecular weight excluding hydrogens is 250 g/mol. The predicted molar refractivity (Wildman–Crippen MR) is 67.6 cm³/mol. The van der Waals surface area contributed by atoms with Crippen LogP contribution in [0, 0.1) is 10.1 Å². The fourth-order valence-electron chi connectivity index (χ4n) is 1.96. The number of nitro benzene ring substituents is 1. The van der Waals surface area contributed by atoms with Crippen molar-refractivity contribution in [3.05, 3.63) is 51.6 Å². The molecule has 19 heavy (non-hydrogen) atoms. The molecule has 0 aliphatic heterocycles. The Morgan fingerprint density at radius 3 is 2.11 bits per heavy atom. The standard InChI is InChI=1S/C12H9N3O4/c13-11(16)7-3-1-2-6-9(15(18)19)5-4-8(10(6)7)12(14)17/h1-5H,(H2,13,16)(H2,14,17). The molecule has 0 spiro atoms. The van der Waals surface area contributed by atoms with Crippen LogP contribution in [0.1, 0.15) is 20.7 Å². The van der Waals surface area contributed by atoms with Gasteiger partial charge in [0.25, 0.3) is 5.69 Å². The van der Waals surface area contributed by atoms with Crippen LogP contribution >= 0.6 is 0 Å². The van der Waals surface area contributed by atoms with Crippen LogP contribution in [0.25, 0.3) is 10.8 Å². The molecule has 2 aromatic carbocycles. The van der Waals surface area contributed by atoms with Gasteiger partial charge in [0.05, 0.1) is 10.3 Å². The van der Waals surface area contributed by atoms with Gasteiger partial charge in [-0.05, 0) is 18.2 Å². The minimum absolute atomic E-state index is 0.0231. The number of rotatable bonds is 3. The number of amides is 2. The third kappa shape index (κ3) is 1.97. The molecule has 0 aliphatic carbocycles. The SMILES string of the molecule is NC(=O)c1cccc2c([N+](=O)[O-])ccc(C(N)=O)c12. The van der Waals surface area contributed by atoms with Gasteiger partial charge in [-0.3, -0.25) is 19.7 Å². The van der Waals surface area contributed by atoms with Crippen molar-refractivity contribution in [2.24, 2.45) is 11.5 Å². The second kappa shape index (κ2) is 4.37. The minimum atomic E-state index is -0.784. The van der Waals surface area contributed by atoms with E-state index in [4.69, 9.17) is 11.5 Å². The predicted octanol–water partition coefficient (Wildman–Crippen LogP) is 0.946. The summed E-state index contributed by atoms with van der Waals surface area (Å²) in [6, 6.07) is 6.68. The lowest BCUT2D eigenvalue weighted by Gasteiger charge is -2.07. The highest BCUT2D eigenvalue weighted by molar-refractivity contribution is 6.16. The van der Waals surface area contributed by atoms with Crippen molar-refractivity contribution in [1.82, 2.24) is 0 Å². The van der Waals surface area contributed by atoms with Crippen LogP contribution in [0.3, 0.4) is 0 Å². The lowest BCUT2D eigenvalue weighted by molar-refractivity contribution is -0.383. The molecule has 0 fully saturated rings. The zero-order valence-electron chi connectivity index (χ0n) is 9.62. The monoisotopic (exact) mass is 259 g/mol. The molecule has 4 N–H and O–H groups in total. The fourth-order valence-corrected chi connectivity index (χ4v) is 1.96. The molecule has 0 atom stereocenters. The first-order valence-electron chi connectivity index (χ1n) is 5.23. The van der Waals surface area contributed by atoms with Gasteiger partial charge in [0.1, 0.15) is 0 Å². The van der Waals surface area contributed by atoms with Crippen molar-refractivity contribution in [2.75, 3.05) is 0 Å². The smallest absolute Gasteiger partial charge is 0.277 e. The molecular formula is C12H9N3O4. The Morgan fingerprint density at radius 1 is 1.00 bits per heavy atom. The number of non-ortho nitro benzene ring substituents is 1. The Bertz CT molecular complexity index is 704. The summed E-state index contributed by atoms with van der Waals surface area (Å²) < 4.78 is 0. The van der Waals surface area contributed by atoms with Crippen molar-refractivity contribution < 1.29 is 14.5 Å². The highest BCUT2D eigenvalue weighted by atomic mass is 16.6. The largest absolute Gasteiger partial charge is 0.366 e. The van der Waals surface area contributed by atoms with E-state index in [0.29, 0.717) is 0 Å². The van der Waals surface area contributed by atoms with Gasteiger partial charge in [-0.25, -0.2) is 0 Å². The van der Waals surface area contributed by atoms with E-state index >= 15 is 0 Å². The molecule has 7 heteroatoms. The first-order chi connectivity index (χ1) is 8.93. The highest BCUT2D eigenvalue weighted by Gasteiger charge is 2.20. The second-order valence-corrected chi connectivity index (χ2v) is 3.85. The first-order valence-corrected chi connectivity index (χ1v) is 5.23. The molecule has 0 saturated heterocycles. The summed E-state index contributed by atoms with van der Waals surface area (Å²) in [5.41, 5.74) is 10.3. The number of carbonyl (C=O) groups excluding carboxylic acids is 2. The fraction of sp³-hybridized carbons (Fsp3) is 0. The lowest BCUT2D eigenvalue weighted by Crippen LogP contribution is -2.16. The average molecular weight is 259 g/mol. The van der Waals surface area contributed by atoms with E-state index < -0.39 is 16.7 Å². The average Bonchev–Trinajstić information content (AvgIpc) is 2.35. The van der Waals surface area contributed by atoms with Crippen molar-refractivity contribution >= 4 is 28.3 Å². The molecule has 0 aliphatic rings. The second-order valence-electron chi connectivity index (χ2n) is 3.85. The Labute approximate surface area is 106 Å². The number of nitro groups is 1. The van der Waals surface area contributed by atoms with Gasteiger partial charge < -0.3 is 11.5 Å². The molecule has 2 amide bonds. The Hall–Kier alpha value is -2.96. The summed E-state index contributed by atoms with van der Waals surface area (Å²) in [7, 11) is 0. The third-order valence-corrected chi connectivity index (χ3v) is 2.75. The summed E-state index contributed by atoms with van der Waals surface area (Å²) in [4.78, 5) is 33.1. The molecule has 2 aromatic rings. The number of hydrogen-bond acceptors (Lipinski definition) is 4. The van der Waals surface area contributed by atoms with Gasteiger partial charge in [-0.2, -0.15) is 0 Å². The number of hydrogen-bond donors (Lipinski definition) is 2. The zero-order valence-corrected chi connectivity index (χ0v) is 9.62. The number of nitrogens with zero attached hydrogens (tertiary/aromatic N) is 1. The van der Waals surface area contributed by atoms with E-state index in [2.05, 4.69) is 0 Å². The van der Waals surface area contributed by atoms with E-state index in [1.807, 2.05) is 0 Å². The van der Waals surface area contributed by atoms with Gasteiger partial charge in [0.15, 0.2) is 0 Å². The maximum Gasteiger partial charge on any atom is 0.277 e. The van der Waals surface area contributed by atoms with E-state index in [1.165, 1.54) is 30.3 Å². The van der Waals surface area contributed by atoms with E-state index in [0.717, 1.165) is 0 Å². The molecule has 7 nitrogen and oxygen atoms in total. The number of benzene rings is 2. The molecule has 2 rings (SSSR count). The molecule has 0 radical (unpaired) electrons. The van der Waals surface area contributed by atoms with Crippen LogP contribution in [-0.4, -0.2) is 16.7 Å². The van der Waals surface area contributed by atoms with Crippen LogP contribution in [-0.2, 0) is 0 Å². The zero-order chi connectivity index (χ0) is 14.2. The number of primary amides is 2. The molecule has 0 aromatic heterocycles. The maximum atomic E-state index is 11.4. The van der Waals surface area contributed by atoms with E-state index in [9.17, 15) is 19.7 Å². The van der Waals surface area contributed by atoms with Crippen LogP contribution in [0.2, 0.25) is 0 Å². The van der Waals surface area contributed by atoms with E-state index in [1.54, 1.807) is 0 Å². The van der Waals surface area contributed by atoms with Crippen molar-refractivity contribution in [3.8, 4) is 0 Å². The van der Waals surface area contributed by atoms with Gasteiger partial charge in [0.2, 0.25) is 11.8 Å². The van der Waals surface area contributed by atoms with Crippen LogP contribution in [0.4, 0.5) is 5.69 Å². The minimum Gasteiger partial charge on any atom is -0.366 e. The normalized spacial score (nSPS) is 10.3. The van der Waals surface area contributed by atoms with Crippen molar-refractivity contribution in [1.29, 1.82) is 0 Å². The molecule has 0 saturated carbocycles. The number of fused-ring (bicyclic) bond motifs is 1. The van der Waals surface area contributed by atoms with Crippen LogP contribution < -0.4 is 11.5 Å².